The molecule has 3 saturated carbocycles. The lowest BCUT2D eigenvalue weighted by atomic mass is 9.48. The SMILES string of the molecule is Cc1ccc(CC(NC(=O)[C@H]2CC[C@H]3[C@@H]4CC[C@H]5NC(=O)C=C[C@]5(C)[C@H]4CC[C@]23C)c2ccccc2)cc1. The monoisotopic (exact) mass is 510 g/mol. The molecule has 6 rings (SSSR count). The normalized spacial score (nSPS) is 36.4. The first-order valence-electron chi connectivity index (χ1n) is 14.7. The van der Waals surface area contributed by atoms with Crippen LogP contribution < -0.4 is 10.6 Å². The summed E-state index contributed by atoms with van der Waals surface area (Å²) >= 11 is 0. The molecule has 8 atom stereocenters. The molecule has 200 valence electrons. The van der Waals surface area contributed by atoms with Gasteiger partial charge in [0.25, 0.3) is 0 Å². The summed E-state index contributed by atoms with van der Waals surface area (Å²) in [6.45, 7) is 6.89. The molecule has 2 amide bonds. The predicted molar refractivity (Wildman–Crippen MR) is 151 cm³/mol. The number of hydrogen-bond donors (Lipinski definition) is 2. The van der Waals surface area contributed by atoms with Crippen molar-refractivity contribution in [3.8, 4) is 0 Å². The van der Waals surface area contributed by atoms with Crippen LogP contribution >= 0.6 is 0 Å². The highest BCUT2D eigenvalue weighted by Gasteiger charge is 2.60. The Morgan fingerprint density at radius 1 is 0.974 bits per heavy atom. The van der Waals surface area contributed by atoms with Crippen molar-refractivity contribution in [1.29, 1.82) is 0 Å². The van der Waals surface area contributed by atoms with Crippen molar-refractivity contribution in [2.24, 2.45) is 34.5 Å². The van der Waals surface area contributed by atoms with Crippen molar-refractivity contribution in [3.05, 3.63) is 83.4 Å². The molecule has 4 nitrogen and oxygen atoms in total. The molecule has 0 saturated heterocycles. The fraction of sp³-hybridized carbons (Fsp3) is 0.529. The topological polar surface area (TPSA) is 58.2 Å². The molecule has 4 aliphatic rings. The van der Waals surface area contributed by atoms with Gasteiger partial charge in [-0.2, -0.15) is 0 Å². The molecule has 1 heterocycles. The summed E-state index contributed by atoms with van der Waals surface area (Å²) < 4.78 is 0. The molecule has 1 aliphatic heterocycles. The van der Waals surface area contributed by atoms with E-state index < -0.39 is 0 Å². The minimum atomic E-state index is -0.0317. The second kappa shape index (κ2) is 9.70. The highest BCUT2D eigenvalue weighted by Crippen LogP contribution is 2.65. The van der Waals surface area contributed by atoms with Crippen LogP contribution in [-0.4, -0.2) is 17.9 Å². The van der Waals surface area contributed by atoms with Crippen molar-refractivity contribution in [2.75, 3.05) is 0 Å². The third kappa shape index (κ3) is 4.30. The molecule has 2 aromatic carbocycles. The van der Waals surface area contributed by atoms with E-state index in [1.165, 1.54) is 16.7 Å². The van der Waals surface area contributed by atoms with Crippen LogP contribution in [0.15, 0.2) is 66.7 Å². The van der Waals surface area contributed by atoms with Crippen LogP contribution in [0.1, 0.15) is 75.1 Å². The molecule has 4 heteroatoms. The lowest BCUT2D eigenvalue weighted by Gasteiger charge is -2.58. The minimum Gasteiger partial charge on any atom is -0.349 e. The van der Waals surface area contributed by atoms with Gasteiger partial charge in [-0.1, -0.05) is 80.1 Å². The van der Waals surface area contributed by atoms with Crippen LogP contribution in [0.2, 0.25) is 0 Å². The Balaban J connectivity index is 1.21. The summed E-state index contributed by atoms with van der Waals surface area (Å²) in [6, 6.07) is 19.3. The van der Waals surface area contributed by atoms with E-state index in [0.29, 0.717) is 17.8 Å². The summed E-state index contributed by atoms with van der Waals surface area (Å²) in [6.07, 6.45) is 11.3. The van der Waals surface area contributed by atoms with Crippen LogP contribution in [-0.2, 0) is 16.0 Å². The fourth-order valence-corrected chi connectivity index (χ4v) is 8.93. The van der Waals surface area contributed by atoms with Crippen LogP contribution in [0.25, 0.3) is 0 Å². The Kier molecular flexibility index (Phi) is 6.48. The molecule has 1 unspecified atom stereocenters. The Bertz CT molecular complexity index is 1220. The maximum absolute atomic E-state index is 14.1. The predicted octanol–water partition coefficient (Wildman–Crippen LogP) is 6.31. The third-order valence-corrected chi connectivity index (χ3v) is 11.1. The largest absolute Gasteiger partial charge is 0.349 e. The molecule has 3 aliphatic carbocycles. The Morgan fingerprint density at radius 2 is 1.74 bits per heavy atom. The molecular weight excluding hydrogens is 468 g/mol. The van der Waals surface area contributed by atoms with Crippen LogP contribution in [0.4, 0.5) is 0 Å². The van der Waals surface area contributed by atoms with Crippen LogP contribution in [0.5, 0.6) is 0 Å². The molecule has 0 bridgehead atoms. The van der Waals surface area contributed by atoms with Gasteiger partial charge in [0.1, 0.15) is 0 Å². The summed E-state index contributed by atoms with van der Waals surface area (Å²) in [5, 5.41) is 6.79. The summed E-state index contributed by atoms with van der Waals surface area (Å²) in [7, 11) is 0. The van der Waals surface area contributed by atoms with Crippen molar-refractivity contribution in [3.63, 3.8) is 0 Å². The van der Waals surface area contributed by atoms with Gasteiger partial charge in [0.05, 0.1) is 6.04 Å². The molecule has 3 fully saturated rings. The highest BCUT2D eigenvalue weighted by atomic mass is 16.2. The maximum Gasteiger partial charge on any atom is 0.243 e. The molecule has 0 radical (unpaired) electrons. The van der Waals surface area contributed by atoms with Crippen molar-refractivity contribution in [2.45, 2.75) is 77.8 Å². The quantitative estimate of drug-likeness (QED) is 0.495. The molecule has 0 aromatic heterocycles. The van der Waals surface area contributed by atoms with E-state index in [-0.39, 0.29) is 40.6 Å². The highest BCUT2D eigenvalue weighted by molar-refractivity contribution is 5.89. The van der Waals surface area contributed by atoms with E-state index in [4.69, 9.17) is 0 Å². The lowest BCUT2D eigenvalue weighted by Crippen LogP contribution is -2.59. The van der Waals surface area contributed by atoms with Crippen LogP contribution in [0.3, 0.4) is 0 Å². The number of rotatable bonds is 5. The fourth-order valence-electron chi connectivity index (χ4n) is 8.93. The van der Waals surface area contributed by atoms with Crippen molar-refractivity contribution >= 4 is 11.8 Å². The van der Waals surface area contributed by atoms with Crippen molar-refractivity contribution < 1.29 is 9.59 Å². The molecule has 0 spiro atoms. The molecule has 38 heavy (non-hydrogen) atoms. The number of benzene rings is 2. The van der Waals surface area contributed by atoms with E-state index in [9.17, 15) is 9.59 Å². The van der Waals surface area contributed by atoms with Crippen molar-refractivity contribution in [1.82, 2.24) is 10.6 Å². The van der Waals surface area contributed by atoms with Gasteiger partial charge in [-0.3, -0.25) is 9.59 Å². The van der Waals surface area contributed by atoms with Gasteiger partial charge in [0.2, 0.25) is 11.8 Å². The zero-order valence-electron chi connectivity index (χ0n) is 23.1. The average molecular weight is 511 g/mol. The molecule has 2 N–H and O–H groups in total. The number of amides is 2. The second-order valence-corrected chi connectivity index (χ2v) is 13.1. The first-order chi connectivity index (χ1) is 18.3. The number of aryl methyl sites for hydroxylation is 1. The van der Waals surface area contributed by atoms with E-state index >= 15 is 0 Å². The lowest BCUT2D eigenvalue weighted by molar-refractivity contribution is -0.134. The average Bonchev–Trinajstić information content (AvgIpc) is 3.28. The summed E-state index contributed by atoms with van der Waals surface area (Å²) in [5.74, 6) is 2.14. The Morgan fingerprint density at radius 3 is 2.50 bits per heavy atom. The van der Waals surface area contributed by atoms with Gasteiger partial charge >= 0.3 is 0 Å². The maximum atomic E-state index is 14.1. The number of carbonyl (C=O) groups excluding carboxylic acids is 2. The van der Waals surface area contributed by atoms with E-state index in [1.807, 2.05) is 6.07 Å². The Labute approximate surface area is 227 Å². The van der Waals surface area contributed by atoms with Gasteiger partial charge in [0, 0.05) is 17.4 Å². The zero-order valence-corrected chi connectivity index (χ0v) is 23.1. The molecule has 2 aromatic rings. The number of carbonyl (C=O) groups is 2. The van der Waals surface area contributed by atoms with Gasteiger partial charge < -0.3 is 10.6 Å². The first kappa shape index (κ1) is 25.4. The number of hydrogen-bond acceptors (Lipinski definition) is 2. The Hall–Kier alpha value is -2.88. The smallest absolute Gasteiger partial charge is 0.243 e. The summed E-state index contributed by atoms with van der Waals surface area (Å²) in [5.41, 5.74) is 3.75. The number of fused-ring (bicyclic) bond motifs is 5. The van der Waals surface area contributed by atoms with E-state index in [0.717, 1.165) is 44.9 Å². The van der Waals surface area contributed by atoms with E-state index in [2.05, 4.69) is 86.0 Å². The standard InChI is InChI=1S/C34H42N2O2/c1-22-9-11-23(12-10-22)21-29(24-7-5-4-6-8-24)35-32(38)28-15-14-26-25-13-16-30-34(3,20-18-31(37)36-30)27(25)17-19-33(26,28)2/h4-12,18,20,25-30H,13-17,19,21H2,1-3H3,(H,35,38)(H,36,37)/t25-,26-,27-,28+,29?,30+,33-,34+/m0/s1. The van der Waals surface area contributed by atoms with Gasteiger partial charge in [-0.25, -0.2) is 0 Å². The van der Waals surface area contributed by atoms with Gasteiger partial charge in [0.15, 0.2) is 0 Å². The summed E-state index contributed by atoms with van der Waals surface area (Å²) in [4.78, 5) is 26.1. The van der Waals surface area contributed by atoms with Gasteiger partial charge in [-0.05, 0) is 92.2 Å². The minimum absolute atomic E-state index is 0.0317. The first-order valence-corrected chi connectivity index (χ1v) is 14.7. The molecular formula is C34H42N2O2. The zero-order chi connectivity index (χ0) is 26.5. The van der Waals surface area contributed by atoms with Crippen LogP contribution in [0, 0.1) is 41.4 Å². The third-order valence-electron chi connectivity index (χ3n) is 11.1. The van der Waals surface area contributed by atoms with Gasteiger partial charge in [-0.15, -0.1) is 0 Å². The second-order valence-electron chi connectivity index (χ2n) is 13.1. The number of nitrogens with one attached hydrogen (secondary N) is 2. The van der Waals surface area contributed by atoms with E-state index in [1.54, 1.807) is 6.08 Å².